The lowest BCUT2D eigenvalue weighted by molar-refractivity contribution is -0.0873. The number of ketones is 1. The highest BCUT2D eigenvalue weighted by atomic mass is 35.5. The standard InChI is InChI=1S/C25H27ClFN3O4S/c1-16-14-30(15-17(2)34-16)23-9-7-20(12-25(23,3)27)35(32,33)29-22-8-6-19(26)11-21(22)24(31)18-5-4-10-28-13-18/h4-13,16-17,23,29H,14-15H2,1-3H3/t16-,17+,23?,25?. The molecule has 0 amide bonds. The first-order valence-corrected chi connectivity index (χ1v) is 13.1. The van der Waals surface area contributed by atoms with Crippen molar-refractivity contribution in [2.24, 2.45) is 0 Å². The second-order valence-electron chi connectivity index (χ2n) is 9.08. The van der Waals surface area contributed by atoms with Crippen molar-refractivity contribution in [2.75, 3.05) is 17.8 Å². The molecule has 0 bridgehead atoms. The molecule has 35 heavy (non-hydrogen) atoms. The third-order valence-corrected chi connectivity index (χ3v) is 7.59. The second-order valence-corrected chi connectivity index (χ2v) is 11.2. The third kappa shape index (κ3) is 5.64. The number of ether oxygens (including phenoxy) is 1. The van der Waals surface area contributed by atoms with Gasteiger partial charge in [0.2, 0.25) is 0 Å². The van der Waals surface area contributed by atoms with Crippen molar-refractivity contribution in [3.8, 4) is 0 Å². The fourth-order valence-electron chi connectivity index (χ4n) is 4.53. The number of hydrogen-bond acceptors (Lipinski definition) is 6. The predicted molar refractivity (Wildman–Crippen MR) is 134 cm³/mol. The van der Waals surface area contributed by atoms with Crippen molar-refractivity contribution >= 4 is 33.1 Å². The Morgan fingerprint density at radius 1 is 1.26 bits per heavy atom. The summed E-state index contributed by atoms with van der Waals surface area (Å²) >= 11 is 6.09. The molecule has 1 aliphatic heterocycles. The van der Waals surface area contributed by atoms with Gasteiger partial charge in [-0.3, -0.25) is 19.4 Å². The fourth-order valence-corrected chi connectivity index (χ4v) is 5.93. The molecule has 1 N–H and O–H groups in total. The third-order valence-electron chi connectivity index (χ3n) is 5.99. The summed E-state index contributed by atoms with van der Waals surface area (Å²) in [4.78, 5) is 18.7. The van der Waals surface area contributed by atoms with Crippen molar-refractivity contribution < 1.29 is 22.3 Å². The number of aromatic nitrogens is 1. The average Bonchev–Trinajstić information content (AvgIpc) is 2.79. The summed E-state index contributed by atoms with van der Waals surface area (Å²) in [6.07, 6.45) is 6.89. The van der Waals surface area contributed by atoms with E-state index in [0.717, 1.165) is 6.08 Å². The number of carbonyl (C=O) groups is 1. The Hall–Kier alpha value is -2.59. The van der Waals surface area contributed by atoms with Gasteiger partial charge in [0, 0.05) is 41.6 Å². The number of hydrogen-bond donors (Lipinski definition) is 1. The molecule has 1 aromatic heterocycles. The molecule has 10 heteroatoms. The van der Waals surface area contributed by atoms with Gasteiger partial charge in [-0.2, -0.15) is 0 Å². The number of benzene rings is 1. The molecule has 4 rings (SSSR count). The van der Waals surface area contributed by atoms with E-state index in [1.54, 1.807) is 18.2 Å². The molecule has 2 aliphatic rings. The smallest absolute Gasteiger partial charge is 0.261 e. The minimum Gasteiger partial charge on any atom is -0.373 e. The van der Waals surface area contributed by atoms with Crippen LogP contribution in [0.15, 0.2) is 65.9 Å². The number of anilines is 1. The molecule has 1 fully saturated rings. The van der Waals surface area contributed by atoms with E-state index in [4.69, 9.17) is 16.3 Å². The number of allylic oxidation sites excluding steroid dienone is 1. The van der Waals surface area contributed by atoms with Gasteiger partial charge in [0.25, 0.3) is 10.0 Å². The van der Waals surface area contributed by atoms with Crippen LogP contribution in [0.5, 0.6) is 0 Å². The van der Waals surface area contributed by atoms with Crippen LogP contribution in [0.25, 0.3) is 0 Å². The van der Waals surface area contributed by atoms with E-state index in [-0.39, 0.29) is 38.9 Å². The minimum atomic E-state index is -4.20. The summed E-state index contributed by atoms with van der Waals surface area (Å²) in [5.41, 5.74) is -1.56. The number of rotatable bonds is 6. The molecule has 186 valence electrons. The maximum Gasteiger partial charge on any atom is 0.261 e. The molecule has 1 aliphatic carbocycles. The Bertz CT molecular complexity index is 1270. The van der Waals surface area contributed by atoms with Crippen LogP contribution in [-0.4, -0.2) is 61.1 Å². The zero-order valence-corrected chi connectivity index (χ0v) is 21.2. The summed E-state index contributed by atoms with van der Waals surface area (Å²) in [6, 6.07) is 6.81. The SMILES string of the molecule is C[C@@H]1CN(C2C=CC(S(=O)(=O)Nc3ccc(Cl)cc3C(=O)c3cccnc3)=CC2(C)F)C[C@H](C)O1. The van der Waals surface area contributed by atoms with Crippen LogP contribution in [0.4, 0.5) is 10.1 Å². The van der Waals surface area contributed by atoms with Crippen LogP contribution < -0.4 is 4.72 Å². The van der Waals surface area contributed by atoms with Crippen molar-refractivity contribution in [1.82, 2.24) is 9.88 Å². The van der Waals surface area contributed by atoms with Crippen molar-refractivity contribution in [2.45, 2.75) is 44.7 Å². The molecule has 0 spiro atoms. The molecular formula is C25H27ClFN3O4S. The second kappa shape index (κ2) is 9.81. The van der Waals surface area contributed by atoms with Crippen LogP contribution in [0.1, 0.15) is 36.7 Å². The number of morpholine rings is 1. The number of halogens is 2. The summed E-state index contributed by atoms with van der Waals surface area (Å²) in [7, 11) is -4.20. The largest absolute Gasteiger partial charge is 0.373 e. The van der Waals surface area contributed by atoms with Gasteiger partial charge in [0.05, 0.1) is 28.8 Å². The predicted octanol–water partition coefficient (Wildman–Crippen LogP) is 4.37. The number of pyridine rings is 1. The van der Waals surface area contributed by atoms with Gasteiger partial charge in [-0.05, 0) is 63.3 Å². The normalized spacial score (nSPS) is 27.3. The van der Waals surface area contributed by atoms with E-state index < -0.39 is 27.5 Å². The van der Waals surface area contributed by atoms with E-state index in [2.05, 4.69) is 9.71 Å². The first-order chi connectivity index (χ1) is 16.5. The van der Waals surface area contributed by atoms with Gasteiger partial charge in [-0.25, -0.2) is 12.8 Å². The molecular weight excluding hydrogens is 493 g/mol. The Morgan fingerprint density at radius 2 is 1.97 bits per heavy atom. The van der Waals surface area contributed by atoms with Crippen LogP contribution in [-0.2, 0) is 14.8 Å². The maximum absolute atomic E-state index is 15.8. The number of alkyl halides is 1. The Kier molecular flexibility index (Phi) is 7.15. The Balaban J connectivity index is 1.60. The van der Waals surface area contributed by atoms with Crippen molar-refractivity contribution in [3.05, 3.63) is 82.0 Å². The lowest BCUT2D eigenvalue weighted by atomic mass is 9.91. The zero-order chi connectivity index (χ0) is 25.4. The number of sulfonamides is 1. The molecule has 2 unspecified atom stereocenters. The zero-order valence-electron chi connectivity index (χ0n) is 19.6. The summed E-state index contributed by atoms with van der Waals surface area (Å²) < 4.78 is 50.4. The fraction of sp³-hybridized carbons (Fsp3) is 0.360. The number of nitrogens with zero attached hydrogens (tertiary/aromatic N) is 2. The van der Waals surface area contributed by atoms with Gasteiger partial charge in [-0.15, -0.1) is 0 Å². The maximum atomic E-state index is 15.8. The summed E-state index contributed by atoms with van der Waals surface area (Å²) in [6.45, 7) is 6.30. The molecule has 1 saturated heterocycles. The Morgan fingerprint density at radius 3 is 2.60 bits per heavy atom. The van der Waals surface area contributed by atoms with Gasteiger partial charge in [0.15, 0.2) is 5.78 Å². The van der Waals surface area contributed by atoms with Gasteiger partial charge in [-0.1, -0.05) is 17.7 Å². The summed E-state index contributed by atoms with van der Waals surface area (Å²) in [5, 5.41) is 0.269. The number of carbonyl (C=O) groups excluding carboxylic acids is 1. The topological polar surface area (TPSA) is 88.6 Å². The van der Waals surface area contributed by atoms with E-state index in [0.29, 0.717) is 13.1 Å². The molecule has 4 atom stereocenters. The van der Waals surface area contributed by atoms with E-state index in [1.807, 2.05) is 18.7 Å². The van der Waals surface area contributed by atoms with Crippen LogP contribution >= 0.6 is 11.6 Å². The highest BCUT2D eigenvalue weighted by Gasteiger charge is 2.41. The van der Waals surface area contributed by atoms with Gasteiger partial charge in [0.1, 0.15) is 5.67 Å². The number of nitrogens with one attached hydrogen (secondary N) is 1. The van der Waals surface area contributed by atoms with Crippen LogP contribution in [0, 0.1) is 0 Å². The monoisotopic (exact) mass is 519 g/mol. The minimum absolute atomic E-state index is 0.0380. The molecule has 0 radical (unpaired) electrons. The van der Waals surface area contributed by atoms with Crippen LogP contribution in [0.3, 0.4) is 0 Å². The van der Waals surface area contributed by atoms with E-state index in [1.165, 1.54) is 43.6 Å². The Labute approximate surface area is 209 Å². The quantitative estimate of drug-likeness (QED) is 0.570. The lowest BCUT2D eigenvalue weighted by Gasteiger charge is -2.43. The van der Waals surface area contributed by atoms with E-state index >= 15 is 4.39 Å². The van der Waals surface area contributed by atoms with Gasteiger partial charge < -0.3 is 4.74 Å². The molecule has 7 nitrogen and oxygen atoms in total. The molecule has 2 aromatic rings. The first kappa shape index (κ1) is 25.5. The molecule has 2 heterocycles. The van der Waals surface area contributed by atoms with Gasteiger partial charge >= 0.3 is 0 Å². The molecule has 1 aromatic carbocycles. The highest BCUT2D eigenvalue weighted by molar-refractivity contribution is 7.96. The van der Waals surface area contributed by atoms with Crippen molar-refractivity contribution in [1.29, 1.82) is 0 Å². The lowest BCUT2D eigenvalue weighted by Crippen LogP contribution is -2.55. The molecule has 0 saturated carbocycles. The van der Waals surface area contributed by atoms with Crippen molar-refractivity contribution in [3.63, 3.8) is 0 Å². The summed E-state index contributed by atoms with van der Waals surface area (Å²) in [5.74, 6) is -0.447. The highest BCUT2D eigenvalue weighted by Crippen LogP contribution is 2.34. The first-order valence-electron chi connectivity index (χ1n) is 11.2. The van der Waals surface area contributed by atoms with E-state index in [9.17, 15) is 13.2 Å². The van der Waals surface area contributed by atoms with Crippen LogP contribution in [0.2, 0.25) is 5.02 Å². The average molecular weight is 520 g/mol.